The summed E-state index contributed by atoms with van der Waals surface area (Å²) in [7, 11) is 0. The van der Waals surface area contributed by atoms with Crippen molar-refractivity contribution in [3.05, 3.63) is 65.2 Å². The Balaban J connectivity index is 2.01. The fraction of sp³-hybridized carbons (Fsp3) is 0.389. The first-order chi connectivity index (χ1) is 10.1. The largest absolute Gasteiger partial charge is 0.306 e. The molecule has 21 heavy (non-hydrogen) atoms. The third-order valence-corrected chi connectivity index (χ3v) is 3.79. The lowest BCUT2D eigenvalue weighted by atomic mass is 10.0. The molecule has 2 nitrogen and oxygen atoms in total. The maximum Gasteiger partial charge on any atom is 0.141 e. The molecule has 0 aliphatic carbocycles. The predicted octanol–water partition coefficient (Wildman–Crippen LogP) is 4.20. The van der Waals surface area contributed by atoms with Crippen molar-refractivity contribution in [3.8, 4) is 0 Å². The molecule has 0 amide bonds. The minimum absolute atomic E-state index is 0.157. The zero-order valence-corrected chi connectivity index (χ0v) is 12.9. The van der Waals surface area contributed by atoms with Crippen LogP contribution in [0.2, 0.25) is 0 Å². The lowest BCUT2D eigenvalue weighted by Crippen LogP contribution is -2.32. The fourth-order valence-corrected chi connectivity index (χ4v) is 2.58. The molecular weight excluding hydrogens is 263 g/mol. The molecule has 0 radical (unpaired) electrons. The van der Waals surface area contributed by atoms with E-state index in [0.29, 0.717) is 6.04 Å². The number of aryl methyl sites for hydroxylation is 1. The van der Waals surface area contributed by atoms with Gasteiger partial charge in [0.15, 0.2) is 0 Å². The SMILES string of the molecule is CCC(NC(C)Cc1ccccc1C)c1ccc(F)cn1. The van der Waals surface area contributed by atoms with Crippen LogP contribution in [0.1, 0.15) is 43.1 Å². The van der Waals surface area contributed by atoms with E-state index in [1.165, 1.54) is 23.4 Å². The number of benzene rings is 1. The van der Waals surface area contributed by atoms with Gasteiger partial charge >= 0.3 is 0 Å². The van der Waals surface area contributed by atoms with Gasteiger partial charge in [-0.1, -0.05) is 31.2 Å². The van der Waals surface area contributed by atoms with Crippen LogP contribution in [0, 0.1) is 12.7 Å². The molecule has 1 aromatic heterocycles. The Morgan fingerprint density at radius 2 is 1.95 bits per heavy atom. The zero-order valence-electron chi connectivity index (χ0n) is 12.9. The topological polar surface area (TPSA) is 24.9 Å². The van der Waals surface area contributed by atoms with Crippen LogP contribution in [-0.4, -0.2) is 11.0 Å². The second-order valence-electron chi connectivity index (χ2n) is 5.56. The van der Waals surface area contributed by atoms with Gasteiger partial charge in [0, 0.05) is 12.1 Å². The van der Waals surface area contributed by atoms with Crippen molar-refractivity contribution >= 4 is 0 Å². The summed E-state index contributed by atoms with van der Waals surface area (Å²) in [5.74, 6) is -0.290. The van der Waals surface area contributed by atoms with Gasteiger partial charge in [-0.15, -0.1) is 0 Å². The molecule has 0 saturated carbocycles. The third-order valence-electron chi connectivity index (χ3n) is 3.79. The second kappa shape index (κ2) is 7.32. The Bertz CT molecular complexity index is 566. The van der Waals surface area contributed by atoms with Crippen LogP contribution in [0.5, 0.6) is 0 Å². The van der Waals surface area contributed by atoms with Crippen molar-refractivity contribution < 1.29 is 4.39 Å². The minimum Gasteiger partial charge on any atom is -0.306 e. The van der Waals surface area contributed by atoms with E-state index >= 15 is 0 Å². The van der Waals surface area contributed by atoms with E-state index in [-0.39, 0.29) is 11.9 Å². The fourth-order valence-electron chi connectivity index (χ4n) is 2.58. The van der Waals surface area contributed by atoms with E-state index < -0.39 is 0 Å². The van der Waals surface area contributed by atoms with Crippen LogP contribution in [0.4, 0.5) is 4.39 Å². The van der Waals surface area contributed by atoms with Gasteiger partial charge in [0.1, 0.15) is 5.82 Å². The molecule has 0 saturated heterocycles. The molecule has 1 aromatic carbocycles. The van der Waals surface area contributed by atoms with E-state index in [9.17, 15) is 4.39 Å². The maximum absolute atomic E-state index is 13.0. The molecule has 112 valence electrons. The molecule has 3 heteroatoms. The minimum atomic E-state index is -0.290. The third kappa shape index (κ3) is 4.36. The van der Waals surface area contributed by atoms with Crippen molar-refractivity contribution in [3.63, 3.8) is 0 Å². The van der Waals surface area contributed by atoms with Gasteiger partial charge in [-0.2, -0.15) is 0 Å². The zero-order chi connectivity index (χ0) is 15.2. The Morgan fingerprint density at radius 3 is 2.57 bits per heavy atom. The van der Waals surface area contributed by atoms with E-state index in [1.54, 1.807) is 6.07 Å². The Morgan fingerprint density at radius 1 is 1.19 bits per heavy atom. The molecule has 1 heterocycles. The highest BCUT2D eigenvalue weighted by Crippen LogP contribution is 2.17. The summed E-state index contributed by atoms with van der Waals surface area (Å²) in [6, 6.07) is 12.2. The number of hydrogen-bond donors (Lipinski definition) is 1. The van der Waals surface area contributed by atoms with Crippen LogP contribution in [0.3, 0.4) is 0 Å². The van der Waals surface area contributed by atoms with Gasteiger partial charge in [-0.05, 0) is 49.9 Å². The number of pyridine rings is 1. The average Bonchev–Trinajstić information content (AvgIpc) is 2.48. The molecule has 2 atom stereocenters. The summed E-state index contributed by atoms with van der Waals surface area (Å²) in [5, 5.41) is 3.59. The predicted molar refractivity (Wildman–Crippen MR) is 84.7 cm³/mol. The number of nitrogens with one attached hydrogen (secondary N) is 1. The van der Waals surface area contributed by atoms with Gasteiger partial charge in [0.25, 0.3) is 0 Å². The van der Waals surface area contributed by atoms with E-state index in [1.807, 2.05) is 0 Å². The molecule has 0 aliphatic rings. The molecular formula is C18H23FN2. The lowest BCUT2D eigenvalue weighted by Gasteiger charge is -2.22. The van der Waals surface area contributed by atoms with Gasteiger partial charge in [-0.25, -0.2) is 4.39 Å². The summed E-state index contributed by atoms with van der Waals surface area (Å²) in [6.07, 6.45) is 3.19. The van der Waals surface area contributed by atoms with E-state index in [2.05, 4.69) is 55.3 Å². The number of halogens is 1. The monoisotopic (exact) mass is 286 g/mol. The summed E-state index contributed by atoms with van der Waals surface area (Å²) < 4.78 is 13.0. The van der Waals surface area contributed by atoms with Gasteiger partial charge in [0.2, 0.25) is 0 Å². The maximum atomic E-state index is 13.0. The quantitative estimate of drug-likeness (QED) is 0.861. The molecule has 0 spiro atoms. The number of rotatable bonds is 6. The Hall–Kier alpha value is -1.74. The summed E-state index contributed by atoms with van der Waals surface area (Å²) in [6.45, 7) is 6.43. The van der Waals surface area contributed by atoms with Crippen molar-refractivity contribution in [1.29, 1.82) is 0 Å². The van der Waals surface area contributed by atoms with E-state index in [0.717, 1.165) is 18.5 Å². The van der Waals surface area contributed by atoms with Crippen LogP contribution in [0.15, 0.2) is 42.6 Å². The molecule has 2 rings (SSSR count). The highest BCUT2D eigenvalue weighted by atomic mass is 19.1. The Kier molecular flexibility index (Phi) is 5.45. The average molecular weight is 286 g/mol. The summed E-state index contributed by atoms with van der Waals surface area (Å²) in [5.41, 5.74) is 3.58. The van der Waals surface area contributed by atoms with Crippen molar-refractivity contribution in [2.45, 2.75) is 45.7 Å². The van der Waals surface area contributed by atoms with Crippen LogP contribution in [0.25, 0.3) is 0 Å². The highest BCUT2D eigenvalue weighted by Gasteiger charge is 2.14. The molecule has 0 bridgehead atoms. The van der Waals surface area contributed by atoms with Crippen LogP contribution in [-0.2, 0) is 6.42 Å². The molecule has 0 aliphatic heterocycles. The van der Waals surface area contributed by atoms with Gasteiger partial charge in [-0.3, -0.25) is 4.98 Å². The smallest absolute Gasteiger partial charge is 0.141 e. The molecule has 2 unspecified atom stereocenters. The number of aromatic nitrogens is 1. The summed E-state index contributed by atoms with van der Waals surface area (Å²) >= 11 is 0. The first-order valence-corrected chi connectivity index (χ1v) is 7.52. The highest BCUT2D eigenvalue weighted by molar-refractivity contribution is 5.26. The number of nitrogens with zero attached hydrogens (tertiary/aromatic N) is 1. The van der Waals surface area contributed by atoms with Crippen molar-refractivity contribution in [2.24, 2.45) is 0 Å². The van der Waals surface area contributed by atoms with Crippen molar-refractivity contribution in [2.75, 3.05) is 0 Å². The molecule has 0 fully saturated rings. The Labute approximate surface area is 126 Å². The second-order valence-corrected chi connectivity index (χ2v) is 5.56. The first-order valence-electron chi connectivity index (χ1n) is 7.52. The summed E-state index contributed by atoms with van der Waals surface area (Å²) in [4.78, 5) is 4.19. The van der Waals surface area contributed by atoms with E-state index in [4.69, 9.17) is 0 Å². The first kappa shape index (κ1) is 15.6. The van der Waals surface area contributed by atoms with Gasteiger partial charge < -0.3 is 5.32 Å². The molecule has 2 aromatic rings. The van der Waals surface area contributed by atoms with Crippen LogP contribution >= 0.6 is 0 Å². The normalized spacial score (nSPS) is 13.9. The lowest BCUT2D eigenvalue weighted by molar-refractivity contribution is 0.434. The number of hydrogen-bond acceptors (Lipinski definition) is 2. The molecule has 1 N–H and O–H groups in total. The van der Waals surface area contributed by atoms with Gasteiger partial charge in [0.05, 0.1) is 11.9 Å². The standard InChI is InChI=1S/C18H23FN2/c1-4-17(18-10-9-16(19)12-20-18)21-14(3)11-15-8-6-5-7-13(15)2/h5-10,12,14,17,21H,4,11H2,1-3H3. The van der Waals surface area contributed by atoms with Crippen molar-refractivity contribution in [1.82, 2.24) is 10.3 Å². The van der Waals surface area contributed by atoms with Crippen LogP contribution < -0.4 is 5.32 Å².